The summed E-state index contributed by atoms with van der Waals surface area (Å²) in [6, 6.07) is 0. The molecule has 1 aromatic rings. The second-order valence-electron chi connectivity index (χ2n) is 6.18. The predicted molar refractivity (Wildman–Crippen MR) is 75.1 cm³/mol. The van der Waals surface area contributed by atoms with Crippen molar-refractivity contribution in [3.8, 4) is 0 Å². The summed E-state index contributed by atoms with van der Waals surface area (Å²) in [4.78, 5) is 18.6. The summed E-state index contributed by atoms with van der Waals surface area (Å²) in [5.74, 6) is 0.835. The van der Waals surface area contributed by atoms with E-state index in [1.807, 2.05) is 30.5 Å². The highest BCUT2D eigenvalue weighted by Gasteiger charge is 2.41. The van der Waals surface area contributed by atoms with Crippen LogP contribution in [-0.4, -0.2) is 45.7 Å². The molecule has 1 atom stereocenters. The molecule has 1 unspecified atom stereocenters. The van der Waals surface area contributed by atoms with E-state index in [2.05, 4.69) is 9.55 Å². The monoisotopic (exact) mass is 277 g/mol. The van der Waals surface area contributed by atoms with Crippen LogP contribution in [0.1, 0.15) is 32.6 Å². The molecule has 1 amide bonds. The first kappa shape index (κ1) is 13.6. The van der Waals surface area contributed by atoms with Gasteiger partial charge in [-0.2, -0.15) is 0 Å². The molecule has 5 heteroatoms. The van der Waals surface area contributed by atoms with Crippen LogP contribution in [0, 0.1) is 5.92 Å². The van der Waals surface area contributed by atoms with Crippen LogP contribution in [0.4, 0.5) is 0 Å². The first-order chi connectivity index (χ1) is 9.67. The van der Waals surface area contributed by atoms with Crippen molar-refractivity contribution in [2.24, 2.45) is 5.92 Å². The summed E-state index contributed by atoms with van der Waals surface area (Å²) in [6.45, 7) is 5.39. The zero-order chi connectivity index (χ0) is 14.0. The summed E-state index contributed by atoms with van der Waals surface area (Å²) in [6.07, 6.45) is 9.69. The Hall–Kier alpha value is -1.36. The van der Waals surface area contributed by atoms with Crippen molar-refractivity contribution in [2.45, 2.75) is 44.8 Å². The second-order valence-corrected chi connectivity index (χ2v) is 6.18. The van der Waals surface area contributed by atoms with Gasteiger partial charge in [0, 0.05) is 38.6 Å². The Kier molecular flexibility index (Phi) is 3.78. The minimum Gasteiger partial charge on any atom is -0.365 e. The molecule has 2 fully saturated rings. The van der Waals surface area contributed by atoms with Gasteiger partial charge in [-0.3, -0.25) is 4.79 Å². The van der Waals surface area contributed by atoms with Crippen LogP contribution in [0.3, 0.4) is 0 Å². The molecular formula is C15H23N3O2. The fourth-order valence-corrected chi connectivity index (χ4v) is 3.29. The quantitative estimate of drug-likeness (QED) is 0.844. The van der Waals surface area contributed by atoms with E-state index < -0.39 is 5.60 Å². The molecule has 110 valence electrons. The molecule has 0 saturated carbocycles. The van der Waals surface area contributed by atoms with Crippen molar-refractivity contribution in [3.05, 3.63) is 18.7 Å². The maximum Gasteiger partial charge on any atom is 0.254 e. The van der Waals surface area contributed by atoms with E-state index in [-0.39, 0.29) is 5.91 Å². The minimum absolute atomic E-state index is 0.191. The van der Waals surface area contributed by atoms with Gasteiger partial charge in [0.1, 0.15) is 5.60 Å². The van der Waals surface area contributed by atoms with E-state index >= 15 is 0 Å². The van der Waals surface area contributed by atoms with Gasteiger partial charge in [0.05, 0.1) is 6.33 Å². The van der Waals surface area contributed by atoms with Gasteiger partial charge < -0.3 is 14.2 Å². The number of amides is 1. The number of rotatable bonds is 3. The van der Waals surface area contributed by atoms with Gasteiger partial charge in [0.2, 0.25) is 0 Å². The molecule has 2 aliphatic heterocycles. The van der Waals surface area contributed by atoms with Crippen LogP contribution < -0.4 is 0 Å². The second kappa shape index (κ2) is 5.56. The lowest BCUT2D eigenvalue weighted by molar-refractivity contribution is -0.152. The Labute approximate surface area is 119 Å². The highest BCUT2D eigenvalue weighted by Crippen LogP contribution is 2.29. The summed E-state index contributed by atoms with van der Waals surface area (Å²) in [7, 11) is 0. The third kappa shape index (κ3) is 2.73. The van der Waals surface area contributed by atoms with Crippen molar-refractivity contribution in [1.29, 1.82) is 0 Å². The van der Waals surface area contributed by atoms with Crippen molar-refractivity contribution >= 4 is 5.91 Å². The first-order valence-electron chi connectivity index (χ1n) is 7.56. The number of hydrogen-bond donors (Lipinski definition) is 0. The topological polar surface area (TPSA) is 47.4 Å². The van der Waals surface area contributed by atoms with E-state index in [1.165, 1.54) is 0 Å². The molecule has 3 rings (SSSR count). The van der Waals surface area contributed by atoms with E-state index in [0.29, 0.717) is 5.92 Å². The average molecular weight is 277 g/mol. The zero-order valence-electron chi connectivity index (χ0n) is 12.1. The fraction of sp³-hybridized carbons (Fsp3) is 0.733. The number of carbonyl (C=O) groups is 1. The first-order valence-corrected chi connectivity index (χ1v) is 7.56. The summed E-state index contributed by atoms with van der Waals surface area (Å²) < 4.78 is 7.79. The summed E-state index contributed by atoms with van der Waals surface area (Å²) >= 11 is 0. The standard InChI is InChI=1S/C15H23N3O2/c1-15(5-2-10-20-15)14(19)18-7-3-13(4-8-18)11-17-9-6-16-12-17/h6,9,12-13H,2-5,7-8,10-11H2,1H3. The molecule has 0 N–H and O–H groups in total. The highest BCUT2D eigenvalue weighted by molar-refractivity contribution is 5.85. The molecule has 0 aliphatic carbocycles. The normalized spacial score (nSPS) is 27.9. The Morgan fingerprint density at radius 2 is 2.25 bits per heavy atom. The maximum atomic E-state index is 12.5. The highest BCUT2D eigenvalue weighted by atomic mass is 16.5. The van der Waals surface area contributed by atoms with Crippen LogP contribution in [0.25, 0.3) is 0 Å². The largest absolute Gasteiger partial charge is 0.365 e. The molecule has 5 nitrogen and oxygen atoms in total. The number of carbonyl (C=O) groups excluding carboxylic acids is 1. The lowest BCUT2D eigenvalue weighted by atomic mass is 9.94. The van der Waals surface area contributed by atoms with Crippen molar-refractivity contribution < 1.29 is 9.53 Å². The molecule has 2 saturated heterocycles. The minimum atomic E-state index is -0.558. The van der Waals surface area contributed by atoms with Gasteiger partial charge >= 0.3 is 0 Å². The number of aromatic nitrogens is 2. The zero-order valence-corrected chi connectivity index (χ0v) is 12.1. The van der Waals surface area contributed by atoms with E-state index in [4.69, 9.17) is 4.74 Å². The molecule has 2 aliphatic rings. The van der Waals surface area contributed by atoms with Crippen molar-refractivity contribution in [2.75, 3.05) is 19.7 Å². The molecule has 0 spiro atoms. The average Bonchev–Trinajstić information content (AvgIpc) is 3.11. The van der Waals surface area contributed by atoms with Crippen molar-refractivity contribution in [3.63, 3.8) is 0 Å². The Balaban J connectivity index is 1.52. The number of piperidine rings is 1. The number of nitrogens with zero attached hydrogens (tertiary/aromatic N) is 3. The summed E-state index contributed by atoms with van der Waals surface area (Å²) in [5.41, 5.74) is -0.558. The number of ether oxygens (including phenoxy) is 1. The molecule has 0 bridgehead atoms. The molecule has 0 radical (unpaired) electrons. The van der Waals surface area contributed by atoms with E-state index in [1.54, 1.807) is 0 Å². The maximum absolute atomic E-state index is 12.5. The van der Waals surface area contributed by atoms with E-state index in [9.17, 15) is 4.79 Å². The van der Waals surface area contributed by atoms with Gasteiger partial charge in [-0.05, 0) is 38.5 Å². The number of imidazole rings is 1. The van der Waals surface area contributed by atoms with Gasteiger partial charge in [-0.25, -0.2) is 4.98 Å². The van der Waals surface area contributed by atoms with Gasteiger partial charge in [0.25, 0.3) is 5.91 Å². The van der Waals surface area contributed by atoms with Crippen LogP contribution in [0.15, 0.2) is 18.7 Å². The molecule has 1 aromatic heterocycles. The Morgan fingerprint density at radius 1 is 1.45 bits per heavy atom. The third-order valence-electron chi connectivity index (χ3n) is 4.60. The van der Waals surface area contributed by atoms with Crippen LogP contribution in [0.5, 0.6) is 0 Å². The van der Waals surface area contributed by atoms with Gasteiger partial charge in [-0.1, -0.05) is 0 Å². The predicted octanol–water partition coefficient (Wildman–Crippen LogP) is 1.69. The van der Waals surface area contributed by atoms with Crippen molar-refractivity contribution in [1.82, 2.24) is 14.5 Å². The fourth-order valence-electron chi connectivity index (χ4n) is 3.29. The molecular weight excluding hydrogens is 254 g/mol. The number of hydrogen-bond acceptors (Lipinski definition) is 3. The van der Waals surface area contributed by atoms with Crippen LogP contribution in [0.2, 0.25) is 0 Å². The lowest BCUT2D eigenvalue weighted by Gasteiger charge is -2.36. The SMILES string of the molecule is CC1(C(=O)N2CCC(Cn3ccnc3)CC2)CCCO1. The Morgan fingerprint density at radius 3 is 2.85 bits per heavy atom. The molecule has 20 heavy (non-hydrogen) atoms. The lowest BCUT2D eigenvalue weighted by Crippen LogP contribution is -2.49. The number of likely N-dealkylation sites (tertiary alicyclic amines) is 1. The van der Waals surface area contributed by atoms with Crippen LogP contribution in [-0.2, 0) is 16.1 Å². The smallest absolute Gasteiger partial charge is 0.254 e. The summed E-state index contributed by atoms with van der Waals surface area (Å²) in [5, 5.41) is 0. The van der Waals surface area contributed by atoms with Crippen LogP contribution >= 0.6 is 0 Å². The van der Waals surface area contributed by atoms with Gasteiger partial charge in [0.15, 0.2) is 0 Å². The Bertz CT molecular complexity index is 444. The third-order valence-corrected chi connectivity index (χ3v) is 4.60. The molecule has 0 aromatic carbocycles. The van der Waals surface area contributed by atoms with E-state index in [0.717, 1.165) is 51.9 Å². The van der Waals surface area contributed by atoms with Gasteiger partial charge in [-0.15, -0.1) is 0 Å². The molecule has 3 heterocycles.